The van der Waals surface area contributed by atoms with Crippen LogP contribution in [0.25, 0.3) is 0 Å². The molecular weight excluding hydrogens is 298 g/mol. The molecule has 0 aliphatic carbocycles. The van der Waals surface area contributed by atoms with Crippen LogP contribution >= 0.6 is 23.4 Å². The third-order valence-electron chi connectivity index (χ3n) is 2.58. The topological polar surface area (TPSA) is 72.7 Å². The van der Waals surface area contributed by atoms with E-state index in [2.05, 4.69) is 20.5 Å². The van der Waals surface area contributed by atoms with Gasteiger partial charge in [-0.2, -0.15) is 0 Å². The van der Waals surface area contributed by atoms with Crippen LogP contribution in [0.15, 0.2) is 23.5 Å². The van der Waals surface area contributed by atoms with Crippen molar-refractivity contribution in [2.45, 2.75) is 25.5 Å². The summed E-state index contributed by atoms with van der Waals surface area (Å²) in [5.41, 5.74) is 0.507. The van der Waals surface area contributed by atoms with Crippen LogP contribution in [0.2, 0.25) is 5.15 Å². The fourth-order valence-corrected chi connectivity index (χ4v) is 2.64. The number of thioether (sulfide) groups is 1. The van der Waals surface area contributed by atoms with Crippen molar-refractivity contribution < 1.29 is 4.79 Å². The van der Waals surface area contributed by atoms with Gasteiger partial charge in [-0.3, -0.25) is 4.79 Å². The van der Waals surface area contributed by atoms with Gasteiger partial charge in [0.25, 0.3) is 0 Å². The van der Waals surface area contributed by atoms with Gasteiger partial charge in [-0.15, -0.1) is 10.2 Å². The molecule has 2 rings (SSSR count). The number of hydrogen-bond donors (Lipinski definition) is 1. The third kappa shape index (κ3) is 3.49. The highest BCUT2D eigenvalue weighted by atomic mass is 35.5. The van der Waals surface area contributed by atoms with Gasteiger partial charge in [0.2, 0.25) is 5.91 Å². The molecule has 2 aromatic heterocycles. The number of aromatic nitrogens is 4. The number of rotatable bonds is 5. The molecule has 20 heavy (non-hydrogen) atoms. The smallest absolute Gasteiger partial charge is 0.234 e. The van der Waals surface area contributed by atoms with Crippen molar-refractivity contribution in [2.24, 2.45) is 0 Å². The molecule has 0 saturated heterocycles. The quantitative estimate of drug-likeness (QED) is 0.678. The highest BCUT2D eigenvalue weighted by molar-refractivity contribution is 7.99. The summed E-state index contributed by atoms with van der Waals surface area (Å²) in [4.78, 5) is 15.8. The number of halogens is 1. The zero-order valence-electron chi connectivity index (χ0n) is 11.1. The molecule has 0 unspecified atom stereocenters. The summed E-state index contributed by atoms with van der Waals surface area (Å²) < 4.78 is 1.95. The van der Waals surface area contributed by atoms with Gasteiger partial charge in [-0.25, -0.2) is 4.98 Å². The van der Waals surface area contributed by atoms with Gasteiger partial charge in [-0.1, -0.05) is 23.4 Å². The van der Waals surface area contributed by atoms with Gasteiger partial charge < -0.3 is 9.88 Å². The van der Waals surface area contributed by atoms with Gasteiger partial charge in [-0.05, 0) is 26.0 Å². The van der Waals surface area contributed by atoms with E-state index in [4.69, 9.17) is 11.6 Å². The van der Waals surface area contributed by atoms with Crippen LogP contribution in [0.5, 0.6) is 0 Å². The van der Waals surface area contributed by atoms with Gasteiger partial charge in [0, 0.05) is 12.7 Å². The minimum atomic E-state index is -0.159. The van der Waals surface area contributed by atoms with E-state index < -0.39 is 0 Å². The molecule has 1 N–H and O–H groups in total. The number of pyridine rings is 1. The van der Waals surface area contributed by atoms with Crippen molar-refractivity contribution in [3.8, 4) is 0 Å². The average Bonchev–Trinajstić information content (AvgIpc) is 2.79. The number of nitrogens with one attached hydrogen (secondary N) is 1. The molecule has 0 aromatic carbocycles. The number of aryl methyl sites for hydroxylation is 1. The van der Waals surface area contributed by atoms with Gasteiger partial charge in [0.15, 0.2) is 10.3 Å². The molecule has 2 aromatic rings. The number of hydrogen-bond acceptors (Lipinski definition) is 5. The monoisotopic (exact) mass is 311 g/mol. The van der Waals surface area contributed by atoms with Gasteiger partial charge in [0.1, 0.15) is 5.82 Å². The molecule has 0 bridgehead atoms. The van der Waals surface area contributed by atoms with Crippen LogP contribution in [0, 0.1) is 6.92 Å². The van der Waals surface area contributed by atoms with Crippen molar-refractivity contribution in [2.75, 3.05) is 11.1 Å². The number of carbonyl (C=O) groups excluding carboxylic acids is 1. The number of nitrogens with zero attached hydrogens (tertiary/aromatic N) is 4. The Balaban J connectivity index is 1.94. The second-order valence-corrected chi connectivity index (χ2v) is 5.25. The second-order valence-electron chi connectivity index (χ2n) is 3.95. The predicted molar refractivity (Wildman–Crippen MR) is 79.0 cm³/mol. The highest BCUT2D eigenvalue weighted by Gasteiger charge is 2.11. The predicted octanol–water partition coefficient (Wildman–Crippen LogP) is 2.39. The molecule has 0 fully saturated rings. The van der Waals surface area contributed by atoms with Gasteiger partial charge >= 0.3 is 0 Å². The van der Waals surface area contributed by atoms with E-state index >= 15 is 0 Å². The molecule has 0 aliphatic rings. The molecule has 2 heterocycles. The van der Waals surface area contributed by atoms with Crippen molar-refractivity contribution in [3.63, 3.8) is 0 Å². The molecule has 8 heteroatoms. The third-order valence-corrected chi connectivity index (χ3v) is 3.85. The van der Waals surface area contributed by atoms with E-state index in [0.717, 1.165) is 17.5 Å². The van der Waals surface area contributed by atoms with Crippen LogP contribution < -0.4 is 5.32 Å². The zero-order valence-corrected chi connectivity index (χ0v) is 12.7. The first-order chi connectivity index (χ1) is 9.61. The molecule has 6 nitrogen and oxygen atoms in total. The summed E-state index contributed by atoms with van der Waals surface area (Å²) in [6.45, 7) is 4.67. The van der Waals surface area contributed by atoms with Crippen LogP contribution in [0.3, 0.4) is 0 Å². The maximum absolute atomic E-state index is 11.9. The first-order valence-corrected chi connectivity index (χ1v) is 7.41. The summed E-state index contributed by atoms with van der Waals surface area (Å²) in [5.74, 6) is 0.919. The first-order valence-electron chi connectivity index (χ1n) is 6.04. The molecule has 106 valence electrons. The summed E-state index contributed by atoms with van der Waals surface area (Å²) in [6, 6.07) is 3.42. The van der Waals surface area contributed by atoms with Crippen molar-refractivity contribution >= 4 is 35.0 Å². The van der Waals surface area contributed by atoms with Crippen LogP contribution in [-0.2, 0) is 11.3 Å². The van der Waals surface area contributed by atoms with E-state index in [1.165, 1.54) is 11.8 Å². The van der Waals surface area contributed by atoms with Crippen LogP contribution in [0.1, 0.15) is 12.7 Å². The van der Waals surface area contributed by atoms with Gasteiger partial charge in [0.05, 0.1) is 11.4 Å². The van der Waals surface area contributed by atoms with Crippen molar-refractivity contribution in [1.82, 2.24) is 19.7 Å². The fraction of sp³-hybridized carbons (Fsp3) is 0.333. The lowest BCUT2D eigenvalue weighted by molar-refractivity contribution is -0.113. The van der Waals surface area contributed by atoms with E-state index in [1.54, 1.807) is 18.3 Å². The highest BCUT2D eigenvalue weighted by Crippen LogP contribution is 2.20. The van der Waals surface area contributed by atoms with E-state index in [-0.39, 0.29) is 16.8 Å². The lowest BCUT2D eigenvalue weighted by Crippen LogP contribution is -2.15. The molecule has 0 aliphatic heterocycles. The molecular formula is C12H14ClN5OS. The minimum absolute atomic E-state index is 0.159. The molecule has 0 atom stereocenters. The summed E-state index contributed by atoms with van der Waals surface area (Å²) in [7, 11) is 0. The Bertz CT molecular complexity index is 616. The van der Waals surface area contributed by atoms with E-state index in [0.29, 0.717) is 5.69 Å². The Labute approximate surface area is 125 Å². The summed E-state index contributed by atoms with van der Waals surface area (Å²) >= 11 is 7.22. The average molecular weight is 312 g/mol. The Morgan fingerprint density at radius 3 is 3.00 bits per heavy atom. The summed E-state index contributed by atoms with van der Waals surface area (Å²) in [6.07, 6.45) is 1.57. The standard InChI is InChI=1S/C12H14ClN5OS/c1-3-18-8(2)16-17-12(18)20-7-10(19)15-9-5-4-6-14-11(9)13/h4-6H,3,7H2,1-2H3,(H,15,19). The van der Waals surface area contributed by atoms with Crippen molar-refractivity contribution in [1.29, 1.82) is 0 Å². The first kappa shape index (κ1) is 14.8. The van der Waals surface area contributed by atoms with E-state index in [1.807, 2.05) is 18.4 Å². The van der Waals surface area contributed by atoms with Crippen molar-refractivity contribution in [3.05, 3.63) is 29.3 Å². The lowest BCUT2D eigenvalue weighted by atomic mass is 10.4. The van der Waals surface area contributed by atoms with E-state index in [9.17, 15) is 4.79 Å². The number of anilines is 1. The fourth-order valence-electron chi connectivity index (χ4n) is 1.63. The minimum Gasteiger partial charge on any atom is -0.323 e. The number of amides is 1. The Morgan fingerprint density at radius 1 is 1.50 bits per heavy atom. The lowest BCUT2D eigenvalue weighted by Gasteiger charge is -2.06. The summed E-state index contributed by atoms with van der Waals surface area (Å²) in [5, 5.41) is 11.8. The number of carbonyl (C=O) groups is 1. The van der Waals surface area contributed by atoms with Crippen LogP contribution in [-0.4, -0.2) is 31.4 Å². The SMILES string of the molecule is CCn1c(C)nnc1SCC(=O)Nc1cccnc1Cl. The molecule has 1 amide bonds. The maximum Gasteiger partial charge on any atom is 0.234 e. The maximum atomic E-state index is 11.9. The largest absolute Gasteiger partial charge is 0.323 e. The zero-order chi connectivity index (χ0) is 14.5. The molecule has 0 saturated carbocycles. The Morgan fingerprint density at radius 2 is 2.30 bits per heavy atom. The Hall–Kier alpha value is -1.60. The molecule has 0 radical (unpaired) electrons. The normalized spacial score (nSPS) is 10.6. The molecule has 0 spiro atoms. The van der Waals surface area contributed by atoms with Crippen LogP contribution in [0.4, 0.5) is 5.69 Å². The second kappa shape index (κ2) is 6.71. The Kier molecular flexibility index (Phi) is 4.97.